The molecular formula is C21H16FN2O6S-. The summed E-state index contributed by atoms with van der Waals surface area (Å²) in [4.78, 5) is 12.7. The van der Waals surface area contributed by atoms with Crippen LogP contribution >= 0.6 is 0 Å². The topological polar surface area (TPSA) is 111 Å². The molecule has 1 aliphatic heterocycles. The summed E-state index contributed by atoms with van der Waals surface area (Å²) >= 11 is -2.82. The molecule has 1 heterocycles. The first-order valence-electron chi connectivity index (χ1n) is 9.11. The number of hydrogen-bond acceptors (Lipinski definition) is 6. The lowest BCUT2D eigenvalue weighted by atomic mass is 10.1. The van der Waals surface area contributed by atoms with Crippen LogP contribution in [0.2, 0.25) is 0 Å². The van der Waals surface area contributed by atoms with Crippen LogP contribution in [-0.4, -0.2) is 33.0 Å². The summed E-state index contributed by atoms with van der Waals surface area (Å²) in [5, 5.41) is 12.9. The molecule has 0 aromatic heterocycles. The highest BCUT2D eigenvalue weighted by Crippen LogP contribution is 2.37. The van der Waals surface area contributed by atoms with Gasteiger partial charge in [0.25, 0.3) is 5.91 Å². The summed E-state index contributed by atoms with van der Waals surface area (Å²) in [6.45, 7) is 0.811. The number of carbonyl (C=O) groups is 1. The Kier molecular flexibility index (Phi) is 5.74. The van der Waals surface area contributed by atoms with Gasteiger partial charge in [-0.25, -0.2) is 4.39 Å². The lowest BCUT2D eigenvalue weighted by molar-refractivity contribution is 0.102. The van der Waals surface area contributed by atoms with Gasteiger partial charge in [-0.05, 0) is 60.7 Å². The number of halogens is 1. The first-order chi connectivity index (χ1) is 14.9. The normalized spacial score (nSPS) is 13.4. The van der Waals surface area contributed by atoms with E-state index >= 15 is 0 Å². The van der Waals surface area contributed by atoms with Crippen LogP contribution in [-0.2, 0) is 11.3 Å². The Labute approximate surface area is 179 Å². The van der Waals surface area contributed by atoms with Crippen LogP contribution in [0.1, 0.15) is 10.4 Å². The quantitative estimate of drug-likeness (QED) is 0.461. The van der Waals surface area contributed by atoms with E-state index in [0.29, 0.717) is 30.3 Å². The number of nitrogens with one attached hydrogen (secondary N) is 1. The van der Waals surface area contributed by atoms with Crippen molar-refractivity contribution in [3.63, 3.8) is 0 Å². The summed E-state index contributed by atoms with van der Waals surface area (Å²) in [7, 11) is 0. The lowest BCUT2D eigenvalue weighted by Crippen LogP contribution is -2.20. The molecule has 10 heteroatoms. The summed E-state index contributed by atoms with van der Waals surface area (Å²) in [6, 6.07) is 13.4. The number of hydrogen-bond donors (Lipinski definition) is 2. The number of rotatable bonds is 5. The fourth-order valence-electron chi connectivity index (χ4n) is 3.03. The summed E-state index contributed by atoms with van der Waals surface area (Å²) in [5.41, 5.74) is 0.548. The summed E-state index contributed by atoms with van der Waals surface area (Å²) in [6.07, 6.45) is 0. The summed E-state index contributed by atoms with van der Waals surface area (Å²) in [5.74, 6) is -0.349. The van der Waals surface area contributed by atoms with Crippen LogP contribution < -0.4 is 19.1 Å². The Bertz CT molecular complexity index is 1160. The van der Waals surface area contributed by atoms with Gasteiger partial charge in [0.2, 0.25) is 0 Å². The molecule has 0 fully saturated rings. The molecule has 0 radical (unpaired) electrons. The van der Waals surface area contributed by atoms with Crippen LogP contribution in [0.4, 0.5) is 21.5 Å². The third kappa shape index (κ3) is 4.44. The van der Waals surface area contributed by atoms with Crippen LogP contribution in [0.25, 0.3) is 0 Å². The molecule has 2 N–H and O–H groups in total. The second-order valence-electron chi connectivity index (χ2n) is 6.50. The molecule has 31 heavy (non-hydrogen) atoms. The van der Waals surface area contributed by atoms with Crippen molar-refractivity contribution >= 4 is 34.2 Å². The average molecular weight is 443 g/mol. The lowest BCUT2D eigenvalue weighted by Gasteiger charge is -2.27. The van der Waals surface area contributed by atoms with Crippen molar-refractivity contribution < 1.29 is 32.5 Å². The van der Waals surface area contributed by atoms with Crippen LogP contribution in [0.15, 0.2) is 60.7 Å². The highest BCUT2D eigenvalue weighted by atomic mass is 32.2. The van der Waals surface area contributed by atoms with E-state index in [1.807, 2.05) is 0 Å². The molecule has 0 bridgehead atoms. The van der Waals surface area contributed by atoms with Crippen molar-refractivity contribution in [2.75, 3.05) is 22.8 Å². The van der Waals surface area contributed by atoms with Crippen molar-refractivity contribution in [2.24, 2.45) is 0 Å². The van der Waals surface area contributed by atoms with Gasteiger partial charge in [-0.3, -0.25) is 13.3 Å². The SMILES string of the molecule is O=C(Nc1ccc(O)c(N(c2ccc(F)cc2)S(=O)[O-])c1)c1ccc2c(c1)OCCO2. The number of phenols is 1. The highest BCUT2D eigenvalue weighted by Gasteiger charge is 2.18. The Hall–Kier alpha value is -3.63. The Morgan fingerprint density at radius 1 is 1.03 bits per heavy atom. The van der Waals surface area contributed by atoms with Crippen molar-refractivity contribution in [2.45, 2.75) is 0 Å². The maximum Gasteiger partial charge on any atom is 0.255 e. The largest absolute Gasteiger partial charge is 0.755 e. The number of amides is 1. The number of fused-ring (bicyclic) bond motifs is 1. The number of aromatic hydroxyl groups is 1. The van der Waals surface area contributed by atoms with E-state index in [1.54, 1.807) is 18.2 Å². The second-order valence-corrected chi connectivity index (χ2v) is 7.30. The Morgan fingerprint density at radius 3 is 2.45 bits per heavy atom. The second kappa shape index (κ2) is 8.62. The van der Waals surface area contributed by atoms with Crippen molar-refractivity contribution in [3.8, 4) is 17.2 Å². The number of nitrogens with zero attached hydrogens (tertiary/aromatic N) is 1. The highest BCUT2D eigenvalue weighted by molar-refractivity contribution is 7.81. The maximum atomic E-state index is 13.2. The molecule has 1 unspecified atom stereocenters. The molecule has 3 aromatic carbocycles. The van der Waals surface area contributed by atoms with E-state index in [9.17, 15) is 23.1 Å². The van der Waals surface area contributed by atoms with Gasteiger partial charge < -0.3 is 24.4 Å². The van der Waals surface area contributed by atoms with Gasteiger partial charge in [-0.15, -0.1) is 0 Å². The summed E-state index contributed by atoms with van der Waals surface area (Å²) < 4.78 is 48.6. The number of benzene rings is 3. The molecule has 1 atom stereocenters. The molecule has 3 aromatic rings. The Balaban J connectivity index is 1.62. The molecule has 160 valence electrons. The molecule has 0 saturated heterocycles. The van der Waals surface area contributed by atoms with Crippen molar-refractivity contribution in [3.05, 3.63) is 72.0 Å². The monoisotopic (exact) mass is 443 g/mol. The van der Waals surface area contributed by atoms with Crippen LogP contribution in [0, 0.1) is 5.82 Å². The van der Waals surface area contributed by atoms with E-state index < -0.39 is 23.0 Å². The fraction of sp³-hybridized carbons (Fsp3) is 0.0952. The zero-order valence-electron chi connectivity index (χ0n) is 15.9. The van der Waals surface area contributed by atoms with Crippen molar-refractivity contribution in [1.82, 2.24) is 0 Å². The van der Waals surface area contributed by atoms with Gasteiger partial charge in [0.05, 0.1) is 22.6 Å². The smallest absolute Gasteiger partial charge is 0.255 e. The first-order valence-corrected chi connectivity index (χ1v) is 10.1. The van der Waals surface area contributed by atoms with E-state index in [1.165, 1.54) is 30.3 Å². The van der Waals surface area contributed by atoms with Crippen LogP contribution in [0.3, 0.4) is 0 Å². The molecule has 0 saturated carbocycles. The first kappa shape index (κ1) is 20.6. The minimum Gasteiger partial charge on any atom is -0.755 e. The predicted molar refractivity (Wildman–Crippen MR) is 111 cm³/mol. The zero-order chi connectivity index (χ0) is 22.0. The maximum absolute atomic E-state index is 13.2. The van der Waals surface area contributed by atoms with Gasteiger partial charge in [-0.1, -0.05) is 0 Å². The number of ether oxygens (including phenoxy) is 2. The zero-order valence-corrected chi connectivity index (χ0v) is 16.7. The van der Waals surface area contributed by atoms with Gasteiger partial charge in [0.15, 0.2) is 11.5 Å². The molecule has 1 amide bonds. The van der Waals surface area contributed by atoms with E-state index in [2.05, 4.69) is 5.32 Å². The van der Waals surface area contributed by atoms with Gasteiger partial charge in [0, 0.05) is 11.3 Å². The average Bonchev–Trinajstić information content (AvgIpc) is 2.76. The molecule has 4 rings (SSSR count). The predicted octanol–water partition coefficient (Wildman–Crippen LogP) is 3.49. The third-order valence-electron chi connectivity index (χ3n) is 4.47. The standard InChI is InChI=1S/C21H17FN2O6S/c22-14-2-5-16(6-3-14)24(31(27)28)17-12-15(4-7-18(17)25)23-21(26)13-1-8-19-20(11-13)30-10-9-29-19/h1-8,11-12,25H,9-10H2,(H,23,26)(H,27,28)/p-1. The van der Waals surface area contributed by atoms with Crippen LogP contribution in [0.5, 0.6) is 17.2 Å². The van der Waals surface area contributed by atoms with Gasteiger partial charge >= 0.3 is 0 Å². The Morgan fingerprint density at radius 2 is 1.74 bits per heavy atom. The third-order valence-corrected chi connectivity index (χ3v) is 5.17. The number of carbonyl (C=O) groups excluding carboxylic acids is 1. The fourth-order valence-corrected chi connectivity index (χ4v) is 3.63. The van der Waals surface area contributed by atoms with Gasteiger partial charge in [-0.2, -0.15) is 0 Å². The molecule has 1 aliphatic rings. The minimum atomic E-state index is -2.82. The molecule has 0 aliphatic carbocycles. The van der Waals surface area contributed by atoms with Gasteiger partial charge in [0.1, 0.15) is 24.8 Å². The molecule has 0 spiro atoms. The van der Waals surface area contributed by atoms with E-state index in [4.69, 9.17) is 9.47 Å². The van der Waals surface area contributed by atoms with Crippen molar-refractivity contribution in [1.29, 1.82) is 0 Å². The number of anilines is 3. The van der Waals surface area contributed by atoms with E-state index in [-0.39, 0.29) is 22.8 Å². The van der Waals surface area contributed by atoms with E-state index in [0.717, 1.165) is 16.4 Å². The molecule has 8 nitrogen and oxygen atoms in total. The molecular weight excluding hydrogens is 427 g/mol. The number of phenolic OH excluding ortho intramolecular Hbond substituents is 1. The minimum absolute atomic E-state index is 0.111.